The molecule has 286 valence electrons. The van der Waals surface area contributed by atoms with Crippen LogP contribution in [0.5, 0.6) is 0 Å². The number of benzene rings is 1. The number of carbonyl (C=O) groups excluding carboxylic acids is 7. The highest BCUT2D eigenvalue weighted by atomic mass is 16.5. The molecule has 3 rings (SSSR count). The van der Waals surface area contributed by atoms with Gasteiger partial charge in [-0.05, 0) is 62.1 Å². The van der Waals surface area contributed by atoms with Gasteiger partial charge in [-0.25, -0.2) is 4.79 Å². The van der Waals surface area contributed by atoms with Crippen LogP contribution < -0.4 is 27.0 Å². The summed E-state index contributed by atoms with van der Waals surface area (Å²) < 4.78 is 5.64. The van der Waals surface area contributed by atoms with Crippen molar-refractivity contribution in [2.75, 3.05) is 18.4 Å². The van der Waals surface area contributed by atoms with Gasteiger partial charge in [0.15, 0.2) is 0 Å². The molecule has 0 radical (unpaired) electrons. The number of esters is 1. The standard InChI is InChI=1S/C38H56N6O8/c1-26(2)34(43-31(45)16-10-7-11-24-44-32(46)21-22-33(44)47)36(49)42-30(15-12-23-40-38(39)51)35(48)41-29-19-17-27(18-20-29)25-52-37(50)28-13-8-5-3-4-6-9-14-28/h17-22,26,28,30,34H,3-16,23-25H2,1-2H3,(H,41,48)(H,42,49)(H,43,45)(H3,39,40,51)/t30-,34-/m0/s1. The number of hydrogen-bond donors (Lipinski definition) is 5. The largest absolute Gasteiger partial charge is 0.461 e. The molecule has 1 aromatic rings. The van der Waals surface area contributed by atoms with E-state index in [9.17, 15) is 33.6 Å². The Hall–Kier alpha value is -4.75. The zero-order valence-corrected chi connectivity index (χ0v) is 30.6. The van der Waals surface area contributed by atoms with Crippen molar-refractivity contribution < 1.29 is 38.3 Å². The maximum atomic E-state index is 13.4. The van der Waals surface area contributed by atoms with Crippen molar-refractivity contribution in [1.29, 1.82) is 0 Å². The predicted molar refractivity (Wildman–Crippen MR) is 195 cm³/mol. The minimum absolute atomic E-state index is 0.0683. The molecule has 1 heterocycles. The summed E-state index contributed by atoms with van der Waals surface area (Å²) in [5, 5.41) is 10.8. The number of nitrogens with two attached hydrogens (primary N) is 1. The van der Waals surface area contributed by atoms with E-state index in [1.807, 2.05) is 0 Å². The lowest BCUT2D eigenvalue weighted by Gasteiger charge is -2.25. The molecule has 0 spiro atoms. The van der Waals surface area contributed by atoms with Crippen LogP contribution in [-0.2, 0) is 40.1 Å². The maximum Gasteiger partial charge on any atom is 0.312 e. The van der Waals surface area contributed by atoms with Gasteiger partial charge in [0.25, 0.3) is 11.8 Å². The van der Waals surface area contributed by atoms with E-state index in [1.54, 1.807) is 38.1 Å². The second-order valence-corrected chi connectivity index (χ2v) is 13.9. The van der Waals surface area contributed by atoms with Gasteiger partial charge in [0, 0.05) is 37.3 Å². The molecular formula is C38H56N6O8. The zero-order valence-electron chi connectivity index (χ0n) is 30.6. The Balaban J connectivity index is 1.52. The predicted octanol–water partition coefficient (Wildman–Crippen LogP) is 3.98. The molecule has 1 fully saturated rings. The average molecular weight is 725 g/mol. The minimum atomic E-state index is -0.987. The fraction of sp³-hybridized carbons (Fsp3) is 0.605. The Morgan fingerprint density at radius 2 is 1.46 bits per heavy atom. The first-order valence-electron chi connectivity index (χ1n) is 18.7. The number of nitrogens with one attached hydrogen (secondary N) is 4. The molecule has 0 unspecified atom stereocenters. The summed E-state index contributed by atoms with van der Waals surface area (Å²) in [4.78, 5) is 88.1. The normalized spacial score (nSPS) is 16.3. The van der Waals surface area contributed by atoms with Crippen LogP contribution in [0.15, 0.2) is 36.4 Å². The molecule has 6 N–H and O–H groups in total. The lowest BCUT2D eigenvalue weighted by molar-refractivity contribution is -0.150. The van der Waals surface area contributed by atoms with Gasteiger partial charge in [-0.1, -0.05) is 70.9 Å². The van der Waals surface area contributed by atoms with E-state index in [4.69, 9.17) is 10.5 Å². The van der Waals surface area contributed by atoms with E-state index >= 15 is 0 Å². The second kappa shape index (κ2) is 22.2. The first-order chi connectivity index (χ1) is 24.9. The molecule has 1 aromatic carbocycles. The fourth-order valence-corrected chi connectivity index (χ4v) is 6.27. The number of unbranched alkanes of at least 4 members (excludes halogenated alkanes) is 2. The van der Waals surface area contributed by atoms with E-state index in [0.29, 0.717) is 31.4 Å². The molecule has 2 aliphatic rings. The first kappa shape index (κ1) is 41.7. The lowest BCUT2D eigenvalue weighted by Crippen LogP contribution is -2.54. The molecule has 0 aromatic heterocycles. The summed E-state index contributed by atoms with van der Waals surface area (Å²) in [7, 11) is 0. The van der Waals surface area contributed by atoms with Crippen molar-refractivity contribution in [3.05, 3.63) is 42.0 Å². The summed E-state index contributed by atoms with van der Waals surface area (Å²) in [5.74, 6) is -2.54. The highest BCUT2D eigenvalue weighted by Gasteiger charge is 2.29. The molecule has 1 saturated carbocycles. The highest BCUT2D eigenvalue weighted by molar-refractivity contribution is 6.12. The number of ether oxygens (including phenoxy) is 1. The Morgan fingerprint density at radius 3 is 2.08 bits per heavy atom. The minimum Gasteiger partial charge on any atom is -0.461 e. The molecule has 14 heteroatoms. The van der Waals surface area contributed by atoms with Gasteiger partial charge in [-0.3, -0.25) is 33.7 Å². The van der Waals surface area contributed by atoms with Crippen LogP contribution in [0.25, 0.3) is 0 Å². The molecule has 14 nitrogen and oxygen atoms in total. The van der Waals surface area contributed by atoms with Crippen LogP contribution in [0.4, 0.5) is 10.5 Å². The lowest BCUT2D eigenvalue weighted by atomic mass is 9.97. The number of carbonyl (C=O) groups is 7. The average Bonchev–Trinajstić information content (AvgIpc) is 3.50. The molecule has 0 saturated heterocycles. The topological polar surface area (TPSA) is 206 Å². The molecule has 2 atom stereocenters. The molecule has 52 heavy (non-hydrogen) atoms. The molecular weight excluding hydrogens is 668 g/mol. The summed E-state index contributed by atoms with van der Waals surface area (Å²) in [5.41, 5.74) is 6.43. The van der Waals surface area contributed by atoms with Crippen LogP contribution in [0.3, 0.4) is 0 Å². The zero-order chi connectivity index (χ0) is 37.9. The number of urea groups is 1. The van der Waals surface area contributed by atoms with Crippen LogP contribution in [-0.4, -0.2) is 71.6 Å². The van der Waals surface area contributed by atoms with Crippen LogP contribution >= 0.6 is 0 Å². The SMILES string of the molecule is CC(C)[C@H](NC(=O)CCCCCN1C(=O)C=CC1=O)C(=O)N[C@@H](CCCNC(N)=O)C(=O)Nc1ccc(COC(=O)C2CCCCCCCC2)cc1. The number of rotatable bonds is 19. The summed E-state index contributed by atoms with van der Waals surface area (Å²) in [6.45, 7) is 4.18. The Morgan fingerprint density at radius 1 is 0.827 bits per heavy atom. The third-order valence-electron chi connectivity index (χ3n) is 9.34. The van der Waals surface area contributed by atoms with Crippen LogP contribution in [0.1, 0.15) is 109 Å². The Labute approximate surface area is 306 Å². The van der Waals surface area contributed by atoms with Gasteiger partial charge in [0.1, 0.15) is 18.7 Å². The second-order valence-electron chi connectivity index (χ2n) is 13.9. The van der Waals surface area contributed by atoms with E-state index < -0.39 is 29.9 Å². The molecule has 0 bridgehead atoms. The Kier molecular flexibility index (Phi) is 17.8. The fourth-order valence-electron chi connectivity index (χ4n) is 6.27. The third-order valence-corrected chi connectivity index (χ3v) is 9.34. The van der Waals surface area contributed by atoms with Crippen molar-refractivity contribution in [2.24, 2.45) is 17.6 Å². The number of anilines is 1. The van der Waals surface area contributed by atoms with E-state index in [0.717, 1.165) is 49.0 Å². The number of nitrogens with zero attached hydrogens (tertiary/aromatic N) is 1. The molecule has 7 amide bonds. The van der Waals surface area contributed by atoms with E-state index in [-0.39, 0.29) is 68.1 Å². The molecule has 1 aliphatic carbocycles. The van der Waals surface area contributed by atoms with Gasteiger partial charge in [-0.2, -0.15) is 0 Å². The maximum absolute atomic E-state index is 13.4. The smallest absolute Gasteiger partial charge is 0.312 e. The van der Waals surface area contributed by atoms with Crippen LogP contribution in [0.2, 0.25) is 0 Å². The monoisotopic (exact) mass is 724 g/mol. The number of hydrogen-bond acceptors (Lipinski definition) is 8. The number of primary amides is 1. The van der Waals surface area contributed by atoms with Crippen molar-refractivity contribution >= 4 is 47.2 Å². The summed E-state index contributed by atoms with van der Waals surface area (Å²) in [6.07, 6.45) is 13.3. The summed E-state index contributed by atoms with van der Waals surface area (Å²) >= 11 is 0. The van der Waals surface area contributed by atoms with Crippen molar-refractivity contribution in [1.82, 2.24) is 20.9 Å². The van der Waals surface area contributed by atoms with Gasteiger partial charge >= 0.3 is 12.0 Å². The van der Waals surface area contributed by atoms with E-state index in [2.05, 4.69) is 21.3 Å². The highest BCUT2D eigenvalue weighted by Crippen LogP contribution is 2.23. The van der Waals surface area contributed by atoms with Gasteiger partial charge in [0.2, 0.25) is 17.7 Å². The third kappa shape index (κ3) is 14.8. The summed E-state index contributed by atoms with van der Waals surface area (Å²) in [6, 6.07) is 4.33. The van der Waals surface area contributed by atoms with E-state index in [1.165, 1.54) is 25.0 Å². The van der Waals surface area contributed by atoms with Crippen molar-refractivity contribution in [2.45, 2.75) is 122 Å². The number of amides is 7. The van der Waals surface area contributed by atoms with Gasteiger partial charge in [-0.15, -0.1) is 0 Å². The first-order valence-corrected chi connectivity index (χ1v) is 18.7. The van der Waals surface area contributed by atoms with Crippen molar-refractivity contribution in [3.63, 3.8) is 0 Å². The number of imide groups is 1. The molecule has 1 aliphatic heterocycles. The van der Waals surface area contributed by atoms with Crippen LogP contribution in [0, 0.1) is 11.8 Å². The van der Waals surface area contributed by atoms with Gasteiger partial charge in [0.05, 0.1) is 5.92 Å². The van der Waals surface area contributed by atoms with Gasteiger partial charge < -0.3 is 31.7 Å². The Bertz CT molecular complexity index is 1380. The quantitative estimate of drug-likeness (QED) is 0.0800. The van der Waals surface area contributed by atoms with Crippen molar-refractivity contribution in [3.8, 4) is 0 Å².